The number of amides is 7. The third-order valence-electron chi connectivity index (χ3n) is 9.73. The first kappa shape index (κ1) is 56.7. The minimum Gasteiger partial charge on any atom is -0.394 e. The molecule has 0 radical (unpaired) electrons. The van der Waals surface area contributed by atoms with Crippen LogP contribution in [-0.4, -0.2) is 167 Å². The molecule has 368 valence electrons. The molecule has 1 aromatic heterocycles. The summed E-state index contributed by atoms with van der Waals surface area (Å²) < 4.78 is 33.3. The smallest absolute Gasteiger partial charge is 0.394 e. The zero-order valence-electron chi connectivity index (χ0n) is 37.1. The van der Waals surface area contributed by atoms with Crippen LogP contribution in [0.25, 0.3) is 0 Å². The molecule has 1 aliphatic heterocycles. The fourth-order valence-electron chi connectivity index (χ4n) is 6.34. The fourth-order valence-corrected chi connectivity index (χ4v) is 7.47. The Morgan fingerprint density at radius 2 is 1.65 bits per heavy atom. The number of carbonyl (C=O) groups excluding carboxylic acids is 7. The third kappa shape index (κ3) is 21.2. The van der Waals surface area contributed by atoms with E-state index in [4.69, 9.17) is 30.0 Å². The summed E-state index contributed by atoms with van der Waals surface area (Å²) in [5.74, 6) is -5.15. The molecule has 8 atom stereocenters. The number of aliphatic hydroxyl groups excluding tert-OH is 1. The largest absolute Gasteiger partial charge is 0.472 e. The lowest BCUT2D eigenvalue weighted by Crippen LogP contribution is -2.61. The molecule has 7 amide bonds. The number of H-pyrrole nitrogens is 1. The molecule has 65 heavy (non-hydrogen) atoms. The zero-order valence-corrected chi connectivity index (χ0v) is 38.9. The Bertz CT molecular complexity index is 1740. The van der Waals surface area contributed by atoms with E-state index in [1.807, 2.05) is 13.8 Å². The minimum atomic E-state index is -4.71. The van der Waals surface area contributed by atoms with Crippen molar-refractivity contribution in [3.8, 4) is 0 Å². The monoisotopic (exact) mass is 962 g/mol. The highest BCUT2D eigenvalue weighted by Gasteiger charge is 2.38. The number of likely N-dealkylation sites (tertiary alicyclic amines) is 1. The molecule has 0 bridgehead atoms. The third-order valence-corrected chi connectivity index (χ3v) is 11.2. The Morgan fingerprint density at radius 3 is 2.26 bits per heavy atom. The van der Waals surface area contributed by atoms with Gasteiger partial charge < -0.3 is 67.4 Å². The first-order chi connectivity index (χ1) is 30.8. The van der Waals surface area contributed by atoms with Crippen LogP contribution in [0, 0.1) is 5.92 Å². The van der Waals surface area contributed by atoms with E-state index < -0.39 is 86.3 Å². The van der Waals surface area contributed by atoms with Crippen LogP contribution < -0.4 is 38.1 Å². The first-order valence-corrected chi connectivity index (χ1v) is 23.4. The maximum absolute atomic E-state index is 13.9. The second kappa shape index (κ2) is 29.9. The lowest BCUT2D eigenvalue weighted by atomic mass is 10.0. The van der Waals surface area contributed by atoms with Crippen molar-refractivity contribution in [3.05, 3.63) is 30.9 Å². The van der Waals surface area contributed by atoms with Crippen LogP contribution in [-0.2, 0) is 63.1 Å². The molecule has 2 heterocycles. The van der Waals surface area contributed by atoms with E-state index in [0.29, 0.717) is 37.9 Å². The molecule has 1 aliphatic rings. The number of hydrogen-bond acceptors (Lipinski definition) is 16. The Kier molecular flexibility index (Phi) is 26.1. The number of allylic oxidation sites excluding steroid dienone is 1. The van der Waals surface area contributed by atoms with Crippen molar-refractivity contribution >= 4 is 61.8 Å². The van der Waals surface area contributed by atoms with E-state index in [9.17, 15) is 48.1 Å². The predicted molar refractivity (Wildman–Crippen MR) is 237 cm³/mol. The van der Waals surface area contributed by atoms with E-state index in [-0.39, 0.29) is 82.3 Å². The van der Waals surface area contributed by atoms with Gasteiger partial charge in [-0.15, -0.1) is 6.58 Å². The number of rotatable bonds is 33. The summed E-state index contributed by atoms with van der Waals surface area (Å²) in [6, 6.07) is -7.61. The summed E-state index contributed by atoms with van der Waals surface area (Å²) in [7, 11) is -4.71. The van der Waals surface area contributed by atoms with Crippen LogP contribution >= 0.6 is 20.5 Å². The molecule has 1 saturated heterocycles. The summed E-state index contributed by atoms with van der Waals surface area (Å²) in [5, 5.41) is 22.7. The van der Waals surface area contributed by atoms with Crippen molar-refractivity contribution in [3.63, 3.8) is 0 Å². The molecule has 0 saturated carbocycles. The normalized spacial score (nSPS) is 17.4. The number of aromatic amines is 1. The maximum atomic E-state index is 13.9. The number of primary amides is 1. The number of aromatic nitrogens is 2. The number of hydrogen-bond donors (Lipinski definition) is 11. The number of nitrogens with zero attached hydrogens (tertiary/aromatic N) is 2. The molecular weight excluding hydrogens is 896 g/mol. The summed E-state index contributed by atoms with van der Waals surface area (Å²) in [5.41, 5.74) is 11.4. The molecule has 24 nitrogen and oxygen atoms in total. The van der Waals surface area contributed by atoms with Crippen LogP contribution in [0.1, 0.15) is 65.0 Å². The van der Waals surface area contributed by atoms with Gasteiger partial charge in [0.25, 0.3) is 0 Å². The molecule has 26 heteroatoms. The van der Waals surface area contributed by atoms with Gasteiger partial charge in [-0.3, -0.25) is 42.6 Å². The van der Waals surface area contributed by atoms with Gasteiger partial charge in [0.1, 0.15) is 30.2 Å². The molecule has 2 rings (SSSR count). The number of imidazole rings is 1. The molecule has 0 aliphatic carbocycles. The second-order valence-electron chi connectivity index (χ2n) is 15.5. The number of phosphoric ester groups is 1. The van der Waals surface area contributed by atoms with Gasteiger partial charge in [0.05, 0.1) is 64.5 Å². The zero-order chi connectivity index (χ0) is 48.5. The van der Waals surface area contributed by atoms with Gasteiger partial charge in [-0.1, -0.05) is 19.9 Å². The van der Waals surface area contributed by atoms with E-state index in [1.165, 1.54) is 24.3 Å². The lowest BCUT2D eigenvalue weighted by molar-refractivity contribution is -0.140. The van der Waals surface area contributed by atoms with E-state index in [0.717, 1.165) is 0 Å². The Balaban J connectivity index is 2.06. The second-order valence-corrected chi connectivity index (χ2v) is 17.3. The standard InChI is InChI=1S/C39H67N10O14PS/c1-5-6-7-13-62-64(58,59)63-25(4)33(34(41)52)48-38(56)30(21-50)47-37(55)29(19-26-20-42-23-44-26)45-36(54)28(18-24(2)3)46-39(57)31-9-8-12-49(31)32(51)10-14-60-16-17-61-15-11-43-35(53)27(40)22-65/h5,20,23-25,27-31,33,50,65H,1,6-19,21-22,40H2,2-4H3,(H2,41,52)(H,42,44)(H,43,53)(H,45,54)(H,46,57)(H,47,55)(H,48,56)(H,58,59)/t25-,27+,28+,29+,30+,31+,33+/m1/s1. The Hall–Kier alpha value is -4.46. The molecule has 0 spiro atoms. The van der Waals surface area contributed by atoms with Crippen molar-refractivity contribution in [2.45, 2.75) is 108 Å². The maximum Gasteiger partial charge on any atom is 0.472 e. The minimum absolute atomic E-state index is 0.0129. The van der Waals surface area contributed by atoms with Crippen molar-refractivity contribution in [1.29, 1.82) is 0 Å². The molecule has 1 fully saturated rings. The van der Waals surface area contributed by atoms with E-state index in [2.05, 4.69) is 55.8 Å². The Labute approximate surface area is 383 Å². The van der Waals surface area contributed by atoms with Crippen molar-refractivity contribution in [2.75, 3.05) is 58.5 Å². The highest BCUT2D eigenvalue weighted by Crippen LogP contribution is 2.45. The number of thiol groups is 1. The predicted octanol–water partition coefficient (Wildman–Crippen LogP) is -2.31. The number of ether oxygens (including phenoxy) is 2. The summed E-state index contributed by atoms with van der Waals surface area (Å²) in [4.78, 5) is 110. The van der Waals surface area contributed by atoms with Crippen LogP contribution in [0.3, 0.4) is 0 Å². The van der Waals surface area contributed by atoms with Crippen molar-refractivity contribution in [2.24, 2.45) is 17.4 Å². The summed E-state index contributed by atoms with van der Waals surface area (Å²) >= 11 is 3.98. The van der Waals surface area contributed by atoms with Gasteiger partial charge in [-0.25, -0.2) is 9.55 Å². The lowest BCUT2D eigenvalue weighted by Gasteiger charge is -2.29. The van der Waals surface area contributed by atoms with Crippen LogP contribution in [0.2, 0.25) is 0 Å². The number of phosphoric acid groups is 1. The van der Waals surface area contributed by atoms with E-state index >= 15 is 0 Å². The topological polar surface area (TPSA) is 358 Å². The highest BCUT2D eigenvalue weighted by atomic mass is 32.1. The van der Waals surface area contributed by atoms with Crippen molar-refractivity contribution in [1.82, 2.24) is 41.5 Å². The summed E-state index contributed by atoms with van der Waals surface area (Å²) in [6.45, 7) is 8.49. The number of unbranched alkanes of at least 4 members (excludes halogenated alkanes) is 1. The molecular formula is C39H67N10O14PS. The number of carbonyl (C=O) groups is 7. The van der Waals surface area contributed by atoms with Gasteiger partial charge in [0.2, 0.25) is 41.4 Å². The quantitative estimate of drug-likeness (QED) is 0.0153. The van der Waals surface area contributed by atoms with Gasteiger partial charge in [0, 0.05) is 37.2 Å². The molecule has 12 N–H and O–H groups in total. The molecule has 0 aromatic carbocycles. The van der Waals surface area contributed by atoms with Crippen LogP contribution in [0.15, 0.2) is 25.2 Å². The first-order valence-electron chi connectivity index (χ1n) is 21.3. The summed E-state index contributed by atoms with van der Waals surface area (Å²) in [6.07, 6.45) is 4.49. The van der Waals surface area contributed by atoms with Crippen LogP contribution in [0.4, 0.5) is 0 Å². The molecule has 1 aromatic rings. The van der Waals surface area contributed by atoms with Gasteiger partial charge in [-0.05, 0) is 44.9 Å². The van der Waals surface area contributed by atoms with E-state index in [1.54, 1.807) is 6.08 Å². The fraction of sp³-hybridized carbons (Fsp3) is 0.692. The number of nitrogens with one attached hydrogen (secondary N) is 6. The number of nitrogens with two attached hydrogens (primary N) is 2. The van der Waals surface area contributed by atoms with Crippen LogP contribution in [0.5, 0.6) is 0 Å². The highest BCUT2D eigenvalue weighted by molar-refractivity contribution is 7.80. The van der Waals surface area contributed by atoms with Gasteiger partial charge in [0.15, 0.2) is 0 Å². The Morgan fingerprint density at radius 1 is 0.985 bits per heavy atom. The van der Waals surface area contributed by atoms with Gasteiger partial charge in [-0.2, -0.15) is 12.6 Å². The van der Waals surface area contributed by atoms with Crippen molar-refractivity contribution < 1.29 is 66.6 Å². The average molecular weight is 963 g/mol. The van der Waals surface area contributed by atoms with Gasteiger partial charge >= 0.3 is 7.82 Å². The average Bonchev–Trinajstić information content (AvgIpc) is 3.97. The molecule has 1 unspecified atom stereocenters. The SMILES string of the molecule is C=CCCCOP(=O)(O)O[C@H](C)[C@H](NC(=O)[C@H](CO)NC(=O)[C@H](Cc1cnc[nH]1)NC(=O)[C@H](CC(C)C)NC(=O)[C@@H]1CCCN1C(=O)CCOCCOCCNC(=O)[C@@H](N)CS)C(N)=O. The number of aliphatic hydroxyl groups is 1.